The first kappa shape index (κ1) is 13.6. The van der Waals surface area contributed by atoms with Gasteiger partial charge in [0.1, 0.15) is 0 Å². The normalized spacial score (nSPS) is 14.1. The summed E-state index contributed by atoms with van der Waals surface area (Å²) in [7, 11) is 0. The number of rotatable bonds is 5. The molecule has 0 radical (unpaired) electrons. The fourth-order valence-electron chi connectivity index (χ4n) is 2.34. The van der Waals surface area contributed by atoms with Gasteiger partial charge in [-0.05, 0) is 31.4 Å². The van der Waals surface area contributed by atoms with Crippen LogP contribution in [-0.2, 0) is 13.1 Å². The van der Waals surface area contributed by atoms with Crippen molar-refractivity contribution in [2.75, 3.05) is 5.73 Å². The SMILES string of the molecule is CCn1cc(N)c(C(=O)N(Cc2cccnc2)C2CC2)n1. The van der Waals surface area contributed by atoms with E-state index in [-0.39, 0.29) is 5.91 Å². The van der Waals surface area contributed by atoms with Crippen LogP contribution in [0.1, 0.15) is 35.8 Å². The van der Waals surface area contributed by atoms with Crippen LogP contribution < -0.4 is 5.73 Å². The molecule has 1 amide bonds. The molecule has 0 spiro atoms. The number of anilines is 1. The molecule has 0 atom stereocenters. The molecular formula is C15H19N5O. The lowest BCUT2D eigenvalue weighted by molar-refractivity contribution is 0.0724. The molecule has 21 heavy (non-hydrogen) atoms. The molecule has 1 fully saturated rings. The summed E-state index contributed by atoms with van der Waals surface area (Å²) in [5.74, 6) is -0.0916. The average Bonchev–Trinajstić information content (AvgIpc) is 3.27. The van der Waals surface area contributed by atoms with Crippen molar-refractivity contribution in [1.82, 2.24) is 19.7 Å². The number of nitrogen functional groups attached to an aromatic ring is 1. The van der Waals surface area contributed by atoms with Crippen molar-refractivity contribution in [1.29, 1.82) is 0 Å². The third-order valence-electron chi connectivity index (χ3n) is 3.64. The minimum absolute atomic E-state index is 0.0916. The summed E-state index contributed by atoms with van der Waals surface area (Å²) in [5, 5.41) is 4.29. The summed E-state index contributed by atoms with van der Waals surface area (Å²) in [6, 6.07) is 4.15. The highest BCUT2D eigenvalue weighted by atomic mass is 16.2. The zero-order chi connectivity index (χ0) is 14.8. The third kappa shape index (κ3) is 2.89. The molecular weight excluding hydrogens is 266 g/mol. The Labute approximate surface area is 123 Å². The molecule has 2 heterocycles. The van der Waals surface area contributed by atoms with Crippen molar-refractivity contribution >= 4 is 11.6 Å². The first-order valence-corrected chi connectivity index (χ1v) is 7.22. The van der Waals surface area contributed by atoms with Crippen LogP contribution in [0.15, 0.2) is 30.7 Å². The molecule has 0 aromatic carbocycles. The Morgan fingerprint density at radius 2 is 2.33 bits per heavy atom. The Balaban J connectivity index is 1.83. The standard InChI is InChI=1S/C15H19N5O/c1-2-19-10-13(16)14(18-19)15(21)20(12-5-6-12)9-11-4-3-7-17-8-11/h3-4,7-8,10,12H,2,5-6,9,16H2,1H3. The molecule has 0 aliphatic heterocycles. The van der Waals surface area contributed by atoms with E-state index in [2.05, 4.69) is 10.1 Å². The Bertz CT molecular complexity index is 633. The van der Waals surface area contributed by atoms with Gasteiger partial charge in [-0.1, -0.05) is 6.07 Å². The fourth-order valence-corrected chi connectivity index (χ4v) is 2.34. The second-order valence-corrected chi connectivity index (χ2v) is 5.31. The minimum Gasteiger partial charge on any atom is -0.396 e. The maximum atomic E-state index is 12.7. The van der Waals surface area contributed by atoms with Gasteiger partial charge < -0.3 is 10.6 Å². The monoisotopic (exact) mass is 285 g/mol. The largest absolute Gasteiger partial charge is 0.396 e. The minimum atomic E-state index is -0.0916. The predicted octanol–water partition coefficient (Wildman–Crippen LogP) is 1.68. The molecule has 110 valence electrons. The average molecular weight is 285 g/mol. The zero-order valence-corrected chi connectivity index (χ0v) is 12.1. The number of nitrogens with zero attached hydrogens (tertiary/aromatic N) is 4. The van der Waals surface area contributed by atoms with E-state index in [1.165, 1.54) is 0 Å². The highest BCUT2D eigenvalue weighted by Crippen LogP contribution is 2.30. The molecule has 0 unspecified atom stereocenters. The molecule has 3 rings (SSSR count). The highest BCUT2D eigenvalue weighted by Gasteiger charge is 2.34. The van der Waals surface area contributed by atoms with Gasteiger partial charge in [-0.3, -0.25) is 14.5 Å². The molecule has 1 saturated carbocycles. The number of carbonyl (C=O) groups excluding carboxylic acids is 1. The lowest BCUT2D eigenvalue weighted by Crippen LogP contribution is -2.33. The first-order valence-electron chi connectivity index (χ1n) is 7.22. The number of aromatic nitrogens is 3. The molecule has 2 N–H and O–H groups in total. The van der Waals surface area contributed by atoms with Gasteiger partial charge in [-0.25, -0.2) is 0 Å². The van der Waals surface area contributed by atoms with Crippen LogP contribution in [0.25, 0.3) is 0 Å². The molecule has 0 bridgehead atoms. The smallest absolute Gasteiger partial charge is 0.277 e. The predicted molar refractivity (Wildman–Crippen MR) is 79.4 cm³/mol. The van der Waals surface area contributed by atoms with Gasteiger partial charge in [-0.2, -0.15) is 5.10 Å². The molecule has 1 aliphatic rings. The number of hydrogen-bond acceptors (Lipinski definition) is 4. The van der Waals surface area contributed by atoms with E-state index in [0.29, 0.717) is 30.5 Å². The number of hydrogen-bond donors (Lipinski definition) is 1. The van der Waals surface area contributed by atoms with E-state index < -0.39 is 0 Å². The van der Waals surface area contributed by atoms with Crippen LogP contribution in [0.5, 0.6) is 0 Å². The van der Waals surface area contributed by atoms with E-state index in [1.807, 2.05) is 24.0 Å². The number of nitrogens with two attached hydrogens (primary N) is 1. The third-order valence-corrected chi connectivity index (χ3v) is 3.64. The van der Waals surface area contributed by atoms with Crippen LogP contribution in [0.2, 0.25) is 0 Å². The molecule has 2 aromatic rings. The van der Waals surface area contributed by atoms with Crippen LogP contribution in [0, 0.1) is 0 Å². The summed E-state index contributed by atoms with van der Waals surface area (Å²) in [4.78, 5) is 18.7. The number of pyridine rings is 1. The molecule has 2 aromatic heterocycles. The van der Waals surface area contributed by atoms with Crippen LogP contribution in [0.3, 0.4) is 0 Å². The lowest BCUT2D eigenvalue weighted by atomic mass is 10.2. The molecule has 6 nitrogen and oxygen atoms in total. The Hall–Kier alpha value is -2.37. The van der Waals surface area contributed by atoms with Crippen molar-refractivity contribution in [3.63, 3.8) is 0 Å². The zero-order valence-electron chi connectivity index (χ0n) is 12.1. The van der Waals surface area contributed by atoms with Gasteiger partial charge in [-0.15, -0.1) is 0 Å². The van der Waals surface area contributed by atoms with Crippen molar-refractivity contribution in [3.8, 4) is 0 Å². The van der Waals surface area contributed by atoms with Crippen LogP contribution >= 0.6 is 0 Å². The topological polar surface area (TPSA) is 77.0 Å². The van der Waals surface area contributed by atoms with Gasteiger partial charge in [0, 0.05) is 37.7 Å². The maximum absolute atomic E-state index is 12.7. The summed E-state index contributed by atoms with van der Waals surface area (Å²) in [6.07, 6.45) is 7.31. The lowest BCUT2D eigenvalue weighted by Gasteiger charge is -2.21. The maximum Gasteiger partial charge on any atom is 0.277 e. The van der Waals surface area contributed by atoms with Gasteiger partial charge in [0.05, 0.1) is 5.69 Å². The highest BCUT2D eigenvalue weighted by molar-refractivity contribution is 5.97. The summed E-state index contributed by atoms with van der Waals surface area (Å²) >= 11 is 0. The Morgan fingerprint density at radius 3 is 2.90 bits per heavy atom. The van der Waals surface area contributed by atoms with Crippen LogP contribution in [0.4, 0.5) is 5.69 Å². The molecule has 6 heteroatoms. The van der Waals surface area contributed by atoms with E-state index in [0.717, 1.165) is 18.4 Å². The quantitative estimate of drug-likeness (QED) is 0.906. The second kappa shape index (κ2) is 5.55. The van der Waals surface area contributed by atoms with Crippen molar-refractivity contribution in [2.45, 2.75) is 38.9 Å². The van der Waals surface area contributed by atoms with Crippen molar-refractivity contribution < 1.29 is 4.79 Å². The fraction of sp³-hybridized carbons (Fsp3) is 0.400. The van der Waals surface area contributed by atoms with Gasteiger partial charge in [0.15, 0.2) is 5.69 Å². The van der Waals surface area contributed by atoms with E-state index in [9.17, 15) is 4.79 Å². The van der Waals surface area contributed by atoms with Gasteiger partial charge >= 0.3 is 0 Å². The van der Waals surface area contributed by atoms with Crippen molar-refractivity contribution in [2.24, 2.45) is 0 Å². The summed E-state index contributed by atoms with van der Waals surface area (Å²) < 4.78 is 1.69. The summed E-state index contributed by atoms with van der Waals surface area (Å²) in [5.41, 5.74) is 7.74. The van der Waals surface area contributed by atoms with Gasteiger partial charge in [0.25, 0.3) is 5.91 Å². The number of carbonyl (C=O) groups is 1. The molecule has 1 aliphatic carbocycles. The second-order valence-electron chi connectivity index (χ2n) is 5.31. The van der Waals surface area contributed by atoms with Crippen LogP contribution in [-0.4, -0.2) is 31.6 Å². The first-order chi connectivity index (χ1) is 10.2. The number of aryl methyl sites for hydroxylation is 1. The summed E-state index contributed by atoms with van der Waals surface area (Å²) in [6.45, 7) is 3.22. The van der Waals surface area contributed by atoms with Crippen molar-refractivity contribution in [3.05, 3.63) is 42.0 Å². The van der Waals surface area contributed by atoms with Gasteiger partial charge in [0.2, 0.25) is 0 Å². The number of amides is 1. The Morgan fingerprint density at radius 1 is 1.52 bits per heavy atom. The van der Waals surface area contributed by atoms with E-state index >= 15 is 0 Å². The molecule has 0 saturated heterocycles. The Kier molecular flexibility index (Phi) is 3.60. The van der Waals surface area contributed by atoms with E-state index in [1.54, 1.807) is 23.3 Å². The van der Waals surface area contributed by atoms with E-state index in [4.69, 9.17) is 5.73 Å².